The third kappa shape index (κ3) is 6.46. The van der Waals surface area contributed by atoms with E-state index in [1.807, 2.05) is 36.4 Å². The molecule has 4 N–H and O–H groups in total. The fraction of sp³-hybridized carbons (Fsp3) is 0.600. The Morgan fingerprint density at radius 1 is 0.611 bits per heavy atom. The normalized spacial score (nSPS) is 23.2. The Balaban J connectivity index is 1.45. The highest BCUT2D eigenvalue weighted by molar-refractivity contribution is 6.02. The molecule has 2 amide bonds. The number of piperidine rings is 2. The summed E-state index contributed by atoms with van der Waals surface area (Å²) < 4.78 is 0. The van der Waals surface area contributed by atoms with Gasteiger partial charge in [0.2, 0.25) is 0 Å². The van der Waals surface area contributed by atoms with Crippen LogP contribution < -0.4 is 21.3 Å². The molecule has 0 spiro atoms. The minimum Gasteiger partial charge on any atom is -0.349 e. The van der Waals surface area contributed by atoms with E-state index in [1.54, 1.807) is 0 Å². The van der Waals surface area contributed by atoms with Gasteiger partial charge in [0, 0.05) is 45.4 Å². The molecule has 0 bridgehead atoms. The van der Waals surface area contributed by atoms with Crippen molar-refractivity contribution in [2.45, 2.75) is 115 Å². The van der Waals surface area contributed by atoms with Crippen LogP contribution in [0.15, 0.2) is 36.4 Å². The predicted molar refractivity (Wildman–Crippen MR) is 148 cm³/mol. The molecule has 6 nitrogen and oxygen atoms in total. The zero-order chi connectivity index (χ0) is 26.5. The number of hydrogen-bond donors (Lipinski definition) is 4. The first-order chi connectivity index (χ1) is 16.5. The Morgan fingerprint density at radius 3 is 1.22 bits per heavy atom. The number of rotatable bonds is 4. The van der Waals surface area contributed by atoms with Crippen molar-refractivity contribution in [1.29, 1.82) is 0 Å². The highest BCUT2D eigenvalue weighted by atomic mass is 16.2. The number of carbonyl (C=O) groups is 2. The molecule has 2 aliphatic heterocycles. The van der Waals surface area contributed by atoms with Crippen molar-refractivity contribution in [2.75, 3.05) is 0 Å². The molecule has 2 saturated heterocycles. The quantitative estimate of drug-likeness (QED) is 0.488. The van der Waals surface area contributed by atoms with E-state index in [2.05, 4.69) is 76.7 Å². The van der Waals surface area contributed by atoms with Crippen LogP contribution in [0.4, 0.5) is 0 Å². The number of carbonyl (C=O) groups excluding carboxylic acids is 2. The number of amides is 2. The van der Waals surface area contributed by atoms with Gasteiger partial charge in [-0.25, -0.2) is 0 Å². The van der Waals surface area contributed by atoms with Crippen LogP contribution in [0.3, 0.4) is 0 Å². The highest BCUT2D eigenvalue weighted by Gasteiger charge is 2.39. The second kappa shape index (κ2) is 9.14. The summed E-state index contributed by atoms with van der Waals surface area (Å²) in [6.07, 6.45) is 3.55. The maximum atomic E-state index is 13.1. The first kappa shape index (κ1) is 26.6. The molecule has 0 saturated carbocycles. The summed E-state index contributed by atoms with van der Waals surface area (Å²) in [7, 11) is 0. The van der Waals surface area contributed by atoms with Crippen LogP contribution in [0.5, 0.6) is 0 Å². The lowest BCUT2D eigenvalue weighted by Gasteiger charge is -2.46. The summed E-state index contributed by atoms with van der Waals surface area (Å²) in [5.74, 6) is -0.0956. The van der Waals surface area contributed by atoms with E-state index in [-0.39, 0.29) is 46.1 Å². The Kier molecular flexibility index (Phi) is 6.76. The zero-order valence-electron chi connectivity index (χ0n) is 23.3. The van der Waals surface area contributed by atoms with E-state index in [4.69, 9.17) is 0 Å². The molecule has 0 atom stereocenters. The first-order valence-corrected chi connectivity index (χ1v) is 13.3. The standard InChI is InChI=1S/C30H44N4O2/c1-27(2)15-23(16-28(3,4)33-27)31-25(35)21-11-9-20-14-22(12-10-19(20)13-21)26(36)32-24-17-29(5,6)34-30(7,8)18-24/h9-14,23-24,33-34H,15-18H2,1-8H3,(H,31,35)(H,32,36). The third-order valence-electron chi connectivity index (χ3n) is 7.42. The fourth-order valence-corrected chi connectivity index (χ4v) is 6.91. The van der Waals surface area contributed by atoms with E-state index in [1.165, 1.54) is 0 Å². The van der Waals surface area contributed by atoms with Crippen molar-refractivity contribution in [2.24, 2.45) is 0 Å². The van der Waals surface area contributed by atoms with Gasteiger partial charge < -0.3 is 21.3 Å². The minimum atomic E-state index is -0.0478. The van der Waals surface area contributed by atoms with E-state index < -0.39 is 0 Å². The van der Waals surface area contributed by atoms with E-state index in [0.717, 1.165) is 36.5 Å². The Labute approximate surface area is 216 Å². The summed E-state index contributed by atoms with van der Waals surface area (Å²) >= 11 is 0. The molecule has 4 rings (SSSR count). The van der Waals surface area contributed by atoms with Gasteiger partial charge in [-0.15, -0.1) is 0 Å². The van der Waals surface area contributed by atoms with Crippen molar-refractivity contribution >= 4 is 22.6 Å². The van der Waals surface area contributed by atoms with Crippen LogP contribution in [-0.4, -0.2) is 46.1 Å². The molecule has 6 heteroatoms. The fourth-order valence-electron chi connectivity index (χ4n) is 6.91. The van der Waals surface area contributed by atoms with Gasteiger partial charge in [-0.3, -0.25) is 9.59 Å². The number of benzene rings is 2. The van der Waals surface area contributed by atoms with Crippen LogP contribution >= 0.6 is 0 Å². The smallest absolute Gasteiger partial charge is 0.251 e. The van der Waals surface area contributed by atoms with E-state index in [0.29, 0.717) is 11.1 Å². The third-order valence-corrected chi connectivity index (χ3v) is 7.42. The molecule has 2 aromatic carbocycles. The van der Waals surface area contributed by atoms with Crippen molar-refractivity contribution in [3.05, 3.63) is 47.5 Å². The molecule has 0 unspecified atom stereocenters. The molecular weight excluding hydrogens is 448 g/mol. The zero-order valence-corrected chi connectivity index (χ0v) is 23.3. The number of hydrogen-bond acceptors (Lipinski definition) is 4. The van der Waals surface area contributed by atoms with E-state index >= 15 is 0 Å². The number of nitrogens with one attached hydrogen (secondary N) is 4. The molecule has 2 heterocycles. The van der Waals surface area contributed by atoms with Gasteiger partial charge in [-0.05, 0) is 116 Å². The molecule has 2 fully saturated rings. The molecule has 36 heavy (non-hydrogen) atoms. The molecule has 2 aromatic rings. The maximum Gasteiger partial charge on any atom is 0.251 e. The van der Waals surface area contributed by atoms with Crippen molar-refractivity contribution < 1.29 is 9.59 Å². The lowest BCUT2D eigenvalue weighted by atomic mass is 9.79. The molecular formula is C30H44N4O2. The van der Waals surface area contributed by atoms with Crippen molar-refractivity contribution in [3.8, 4) is 0 Å². The van der Waals surface area contributed by atoms with Gasteiger partial charge in [-0.2, -0.15) is 0 Å². The SMILES string of the molecule is CC1(C)CC(NC(=O)c2ccc3cc(C(=O)NC4CC(C)(C)NC(C)(C)C4)ccc3c2)CC(C)(C)N1. The maximum absolute atomic E-state index is 13.1. The second-order valence-electron chi connectivity index (χ2n) is 13.7. The van der Waals surface area contributed by atoms with Crippen LogP contribution in [0.2, 0.25) is 0 Å². The molecule has 2 aliphatic rings. The largest absolute Gasteiger partial charge is 0.349 e. The molecule has 0 radical (unpaired) electrons. The minimum absolute atomic E-state index is 0.0281. The van der Waals surface area contributed by atoms with Gasteiger partial charge in [-0.1, -0.05) is 12.1 Å². The lowest BCUT2D eigenvalue weighted by Crippen LogP contribution is -2.62. The van der Waals surface area contributed by atoms with E-state index in [9.17, 15) is 9.59 Å². The van der Waals surface area contributed by atoms with Crippen LogP contribution in [0, 0.1) is 0 Å². The average molecular weight is 493 g/mol. The van der Waals surface area contributed by atoms with Gasteiger partial charge in [0.05, 0.1) is 0 Å². The highest BCUT2D eigenvalue weighted by Crippen LogP contribution is 2.30. The topological polar surface area (TPSA) is 82.3 Å². The Morgan fingerprint density at radius 2 is 0.917 bits per heavy atom. The Hall–Kier alpha value is -2.44. The molecule has 196 valence electrons. The monoisotopic (exact) mass is 492 g/mol. The summed E-state index contributed by atoms with van der Waals surface area (Å²) in [5, 5.41) is 15.7. The van der Waals surface area contributed by atoms with Crippen LogP contribution in [0.1, 0.15) is 102 Å². The number of fused-ring (bicyclic) bond motifs is 1. The van der Waals surface area contributed by atoms with Gasteiger partial charge in [0.25, 0.3) is 11.8 Å². The van der Waals surface area contributed by atoms with Crippen LogP contribution in [-0.2, 0) is 0 Å². The van der Waals surface area contributed by atoms with Crippen molar-refractivity contribution in [3.63, 3.8) is 0 Å². The summed E-state index contributed by atoms with van der Waals surface area (Å²) in [6.45, 7) is 17.5. The average Bonchev–Trinajstić information content (AvgIpc) is 2.68. The summed E-state index contributed by atoms with van der Waals surface area (Å²) in [5.41, 5.74) is 1.18. The predicted octanol–water partition coefficient (Wildman–Crippen LogP) is 4.92. The summed E-state index contributed by atoms with van der Waals surface area (Å²) in [6, 6.07) is 11.7. The second-order valence-corrected chi connectivity index (χ2v) is 13.7. The molecule has 0 aliphatic carbocycles. The van der Waals surface area contributed by atoms with Gasteiger partial charge in [0.1, 0.15) is 0 Å². The van der Waals surface area contributed by atoms with Gasteiger partial charge in [0.15, 0.2) is 0 Å². The lowest BCUT2D eigenvalue weighted by molar-refractivity contribution is 0.0861. The first-order valence-electron chi connectivity index (χ1n) is 13.3. The van der Waals surface area contributed by atoms with Gasteiger partial charge >= 0.3 is 0 Å². The van der Waals surface area contributed by atoms with Crippen LogP contribution in [0.25, 0.3) is 10.8 Å². The summed E-state index contributed by atoms with van der Waals surface area (Å²) in [4.78, 5) is 26.2. The molecule has 0 aromatic heterocycles. The van der Waals surface area contributed by atoms with Crippen molar-refractivity contribution in [1.82, 2.24) is 21.3 Å². The Bertz CT molecular complexity index is 1040.